The molecule has 1 aromatic carbocycles. The van der Waals surface area contributed by atoms with Crippen molar-refractivity contribution in [2.75, 3.05) is 19.7 Å². The van der Waals surface area contributed by atoms with Gasteiger partial charge in [-0.15, -0.1) is 0 Å². The maximum absolute atomic E-state index is 13.9. The fourth-order valence-corrected chi connectivity index (χ4v) is 8.31. The molecule has 2 amide bonds. The number of ether oxygens (including phenoxy) is 1. The van der Waals surface area contributed by atoms with Crippen LogP contribution in [0.15, 0.2) is 46.5 Å². The van der Waals surface area contributed by atoms with Crippen LogP contribution in [0.5, 0.6) is 0 Å². The molecular weight excluding hydrogens is 454 g/mol. The number of hydrogen-bond acceptors (Lipinski definition) is 4. The summed E-state index contributed by atoms with van der Waals surface area (Å²) in [5.74, 6) is 0.763. The number of amides is 2. The highest BCUT2D eigenvalue weighted by Gasteiger charge is 2.54. The van der Waals surface area contributed by atoms with Gasteiger partial charge in [0.2, 0.25) is 5.91 Å². The Morgan fingerprint density at radius 1 is 1.17 bits per heavy atom. The van der Waals surface area contributed by atoms with Gasteiger partial charge in [0, 0.05) is 17.2 Å². The molecule has 2 aliphatic heterocycles. The number of nitrogens with one attached hydrogen (secondary N) is 1. The summed E-state index contributed by atoms with van der Waals surface area (Å²) in [6.45, 7) is 14.6. The monoisotopic (exact) mass is 495 g/mol. The van der Waals surface area contributed by atoms with Crippen LogP contribution in [-0.2, 0) is 14.3 Å². The minimum atomic E-state index is -1.69. The number of hydrogen-bond donors (Lipinski definition) is 1. The molecule has 1 aliphatic carbocycles. The van der Waals surface area contributed by atoms with Gasteiger partial charge in [0.05, 0.1) is 26.7 Å². The molecule has 0 aromatic heterocycles. The molecule has 1 saturated carbocycles. The molecule has 3 aliphatic rings. The number of benzene rings is 1. The van der Waals surface area contributed by atoms with E-state index in [-0.39, 0.29) is 16.9 Å². The summed E-state index contributed by atoms with van der Waals surface area (Å²) in [7, 11) is -1.69. The quantitative estimate of drug-likeness (QED) is 0.395. The third-order valence-electron chi connectivity index (χ3n) is 8.46. The van der Waals surface area contributed by atoms with Crippen LogP contribution < -0.4 is 5.32 Å². The molecule has 1 atom stereocenters. The van der Waals surface area contributed by atoms with E-state index in [0.29, 0.717) is 25.5 Å². The van der Waals surface area contributed by atoms with Crippen molar-refractivity contribution in [2.45, 2.75) is 89.2 Å². The summed E-state index contributed by atoms with van der Waals surface area (Å²) < 4.78 is 6.15. The SMILES string of the molecule is CCCCO[C@@H](C(=O)N1CC2=C(CN=C2NC(=O)C2([Si](C)(C)C)CCC2)C1(C)C)c1ccccc1. The highest BCUT2D eigenvalue weighted by Crippen LogP contribution is 2.55. The Morgan fingerprint density at radius 2 is 1.86 bits per heavy atom. The topological polar surface area (TPSA) is 71.0 Å². The van der Waals surface area contributed by atoms with Crippen molar-refractivity contribution in [3.05, 3.63) is 47.0 Å². The molecule has 7 heteroatoms. The average molecular weight is 496 g/mol. The van der Waals surface area contributed by atoms with Crippen molar-refractivity contribution >= 4 is 25.7 Å². The molecule has 2 heterocycles. The summed E-state index contributed by atoms with van der Waals surface area (Å²) in [6, 6.07) is 9.76. The molecule has 1 fully saturated rings. The first kappa shape index (κ1) is 25.8. The molecule has 190 valence electrons. The maximum Gasteiger partial charge on any atom is 0.257 e. The van der Waals surface area contributed by atoms with Gasteiger partial charge in [0.15, 0.2) is 6.10 Å². The zero-order chi connectivity index (χ0) is 25.4. The third kappa shape index (κ3) is 4.53. The Bertz CT molecular complexity index is 1040. The lowest BCUT2D eigenvalue weighted by molar-refractivity contribution is -0.147. The number of carbonyl (C=O) groups is 2. The average Bonchev–Trinajstić information content (AvgIpc) is 3.27. The second-order valence-electron chi connectivity index (χ2n) is 11.8. The van der Waals surface area contributed by atoms with Crippen molar-refractivity contribution in [1.29, 1.82) is 0 Å². The predicted molar refractivity (Wildman–Crippen MR) is 143 cm³/mol. The second kappa shape index (κ2) is 9.66. The summed E-state index contributed by atoms with van der Waals surface area (Å²) in [5.41, 5.74) is 2.51. The van der Waals surface area contributed by atoms with E-state index >= 15 is 0 Å². The fraction of sp³-hybridized carbons (Fsp3) is 0.607. The fourth-order valence-electron chi connectivity index (χ4n) is 5.71. The Balaban J connectivity index is 1.53. The minimum absolute atomic E-state index is 0.0325. The van der Waals surface area contributed by atoms with Crippen LogP contribution in [0.25, 0.3) is 0 Å². The normalized spacial score (nSPS) is 21.3. The van der Waals surface area contributed by atoms with E-state index < -0.39 is 19.7 Å². The van der Waals surface area contributed by atoms with E-state index in [1.54, 1.807) is 0 Å². The van der Waals surface area contributed by atoms with Crippen molar-refractivity contribution < 1.29 is 14.3 Å². The Hall–Kier alpha value is -2.25. The number of nitrogens with zero attached hydrogens (tertiary/aromatic N) is 2. The molecule has 35 heavy (non-hydrogen) atoms. The standard InChI is InChI=1S/C28H41N3O3Si/c1-7-8-17-34-23(20-13-10-9-11-14-20)25(32)31-19-21-22(27(31,2)3)18-29-24(21)30-26(33)28(15-12-16-28)35(4,5)6/h9-11,13-14,23H,7-8,12,15-19H2,1-6H3,(H,29,30,33)/t23-/m1/s1. The van der Waals surface area contributed by atoms with Crippen LogP contribution >= 0.6 is 0 Å². The molecule has 6 nitrogen and oxygen atoms in total. The lowest BCUT2D eigenvalue weighted by atomic mass is 9.83. The van der Waals surface area contributed by atoms with Crippen molar-refractivity contribution in [2.24, 2.45) is 4.99 Å². The molecule has 0 spiro atoms. The van der Waals surface area contributed by atoms with Crippen LogP contribution in [0, 0.1) is 0 Å². The molecule has 4 rings (SSSR count). The third-order valence-corrected chi connectivity index (χ3v) is 12.1. The van der Waals surface area contributed by atoms with E-state index in [9.17, 15) is 9.59 Å². The van der Waals surface area contributed by atoms with Gasteiger partial charge in [0.25, 0.3) is 5.91 Å². The van der Waals surface area contributed by atoms with E-state index in [1.165, 1.54) is 0 Å². The molecule has 1 N–H and O–H groups in total. The number of amidine groups is 1. The highest BCUT2D eigenvalue weighted by molar-refractivity contribution is 6.82. The van der Waals surface area contributed by atoms with Crippen LogP contribution in [0.4, 0.5) is 0 Å². The van der Waals surface area contributed by atoms with Crippen molar-refractivity contribution in [1.82, 2.24) is 10.2 Å². The zero-order valence-corrected chi connectivity index (χ0v) is 23.2. The summed E-state index contributed by atoms with van der Waals surface area (Å²) >= 11 is 0. The van der Waals surface area contributed by atoms with Crippen LogP contribution in [0.3, 0.4) is 0 Å². The van der Waals surface area contributed by atoms with Gasteiger partial charge in [-0.05, 0) is 44.2 Å². The number of unbranched alkanes of at least 4 members (excludes halogenated alkanes) is 1. The number of aliphatic imine (C=N–C) groups is 1. The Labute approximate surface area is 211 Å². The molecule has 0 bridgehead atoms. The number of rotatable bonds is 8. The molecule has 0 unspecified atom stereocenters. The van der Waals surface area contributed by atoms with Gasteiger partial charge in [-0.25, -0.2) is 0 Å². The summed E-state index contributed by atoms with van der Waals surface area (Å²) in [5, 5.41) is 3.00. The first-order valence-corrected chi connectivity index (χ1v) is 16.6. The van der Waals surface area contributed by atoms with Gasteiger partial charge in [-0.2, -0.15) is 0 Å². The van der Waals surface area contributed by atoms with Gasteiger partial charge in [0.1, 0.15) is 5.84 Å². The van der Waals surface area contributed by atoms with Gasteiger partial charge in [-0.1, -0.05) is 69.7 Å². The van der Waals surface area contributed by atoms with E-state index in [2.05, 4.69) is 45.7 Å². The molecule has 1 aromatic rings. The lowest BCUT2D eigenvalue weighted by Crippen LogP contribution is -2.55. The van der Waals surface area contributed by atoms with Crippen LogP contribution in [0.2, 0.25) is 24.7 Å². The largest absolute Gasteiger partial charge is 0.364 e. The zero-order valence-electron chi connectivity index (χ0n) is 22.2. The van der Waals surface area contributed by atoms with E-state index in [1.807, 2.05) is 35.2 Å². The van der Waals surface area contributed by atoms with E-state index in [4.69, 9.17) is 9.73 Å². The van der Waals surface area contributed by atoms with Crippen LogP contribution in [-0.4, -0.2) is 55.9 Å². The Kier molecular flexibility index (Phi) is 7.13. The maximum atomic E-state index is 13.9. The van der Waals surface area contributed by atoms with Gasteiger partial charge < -0.3 is 15.0 Å². The van der Waals surface area contributed by atoms with Crippen molar-refractivity contribution in [3.63, 3.8) is 0 Å². The lowest BCUT2D eigenvalue weighted by Gasteiger charge is -2.49. The summed E-state index contributed by atoms with van der Waals surface area (Å²) in [6.07, 6.45) is 4.35. The number of carbonyl (C=O) groups excluding carboxylic acids is 2. The van der Waals surface area contributed by atoms with Gasteiger partial charge in [-0.3, -0.25) is 14.6 Å². The minimum Gasteiger partial charge on any atom is -0.364 e. The van der Waals surface area contributed by atoms with Gasteiger partial charge >= 0.3 is 0 Å². The first-order valence-electron chi connectivity index (χ1n) is 13.1. The summed E-state index contributed by atoms with van der Waals surface area (Å²) in [4.78, 5) is 34.0. The van der Waals surface area contributed by atoms with Crippen LogP contribution in [0.1, 0.15) is 64.5 Å². The smallest absolute Gasteiger partial charge is 0.257 e. The van der Waals surface area contributed by atoms with Crippen molar-refractivity contribution in [3.8, 4) is 0 Å². The highest BCUT2D eigenvalue weighted by atomic mass is 28.3. The Morgan fingerprint density at radius 3 is 2.43 bits per heavy atom. The van der Waals surface area contributed by atoms with E-state index in [0.717, 1.165) is 48.8 Å². The molecule has 0 saturated heterocycles. The molecule has 0 radical (unpaired) electrons. The second-order valence-corrected chi connectivity index (χ2v) is 17.2. The predicted octanol–water partition coefficient (Wildman–Crippen LogP) is 5.25. The molecular formula is C28H41N3O3Si. The first-order chi connectivity index (χ1) is 16.5.